The molecule has 0 bridgehead atoms. The summed E-state index contributed by atoms with van der Waals surface area (Å²) in [5, 5.41) is 1.66. The normalized spacial score (nSPS) is 17.3. The molecule has 0 atom stereocenters. The SMILES string of the molecule is O=C(CNS(=O)(=O)c1cccs1)N1CCN(C2CC2)c2ccc(F)cc21. The predicted octanol–water partition coefficient (Wildman–Crippen LogP) is 2.18. The van der Waals surface area contributed by atoms with Gasteiger partial charge >= 0.3 is 0 Å². The van der Waals surface area contributed by atoms with Crippen molar-refractivity contribution in [3.05, 3.63) is 41.5 Å². The molecule has 138 valence electrons. The van der Waals surface area contributed by atoms with Gasteiger partial charge in [0.05, 0.1) is 17.9 Å². The van der Waals surface area contributed by atoms with Crippen LogP contribution in [-0.4, -0.2) is 40.0 Å². The van der Waals surface area contributed by atoms with Crippen LogP contribution in [0.25, 0.3) is 0 Å². The highest BCUT2D eigenvalue weighted by Gasteiger charge is 2.35. The number of halogens is 1. The Bertz CT molecular complexity index is 927. The lowest BCUT2D eigenvalue weighted by atomic mass is 10.1. The van der Waals surface area contributed by atoms with Crippen molar-refractivity contribution < 1.29 is 17.6 Å². The van der Waals surface area contributed by atoms with Crippen LogP contribution in [0.5, 0.6) is 0 Å². The minimum absolute atomic E-state index is 0.162. The van der Waals surface area contributed by atoms with Gasteiger partial charge in [0.25, 0.3) is 10.0 Å². The number of sulfonamides is 1. The maximum Gasteiger partial charge on any atom is 0.250 e. The Kier molecular flexibility index (Phi) is 4.45. The highest BCUT2D eigenvalue weighted by Crippen LogP contribution is 2.40. The average Bonchev–Trinajstić information content (AvgIpc) is 3.30. The molecule has 0 spiro atoms. The van der Waals surface area contributed by atoms with Gasteiger partial charge in [0.2, 0.25) is 5.91 Å². The Balaban J connectivity index is 1.53. The number of nitrogens with one attached hydrogen (secondary N) is 1. The maximum absolute atomic E-state index is 13.8. The lowest BCUT2D eigenvalue weighted by molar-refractivity contribution is -0.117. The first-order valence-corrected chi connectivity index (χ1v) is 10.7. The first-order chi connectivity index (χ1) is 12.5. The number of thiophene rings is 1. The first-order valence-electron chi connectivity index (χ1n) is 8.35. The third kappa shape index (κ3) is 3.34. The monoisotopic (exact) mass is 395 g/mol. The van der Waals surface area contributed by atoms with Crippen molar-refractivity contribution in [1.29, 1.82) is 0 Å². The van der Waals surface area contributed by atoms with Gasteiger partial charge < -0.3 is 9.80 Å². The smallest absolute Gasteiger partial charge is 0.250 e. The van der Waals surface area contributed by atoms with E-state index in [2.05, 4.69) is 9.62 Å². The minimum atomic E-state index is -3.71. The van der Waals surface area contributed by atoms with E-state index in [0.29, 0.717) is 24.8 Å². The van der Waals surface area contributed by atoms with E-state index in [1.165, 1.54) is 23.1 Å². The summed E-state index contributed by atoms with van der Waals surface area (Å²) in [5.41, 5.74) is 1.33. The molecule has 9 heteroatoms. The van der Waals surface area contributed by atoms with Crippen molar-refractivity contribution in [3.8, 4) is 0 Å². The van der Waals surface area contributed by atoms with E-state index in [0.717, 1.165) is 29.9 Å². The maximum atomic E-state index is 13.8. The molecule has 1 aliphatic carbocycles. The molecule has 2 aromatic rings. The molecule has 1 aliphatic heterocycles. The molecule has 1 saturated carbocycles. The Labute approximate surface area is 155 Å². The Morgan fingerprint density at radius 1 is 1.23 bits per heavy atom. The number of carbonyl (C=O) groups is 1. The fraction of sp³-hybridized carbons (Fsp3) is 0.353. The third-order valence-corrected chi connectivity index (χ3v) is 7.36. The van der Waals surface area contributed by atoms with Gasteiger partial charge in [-0.25, -0.2) is 17.5 Å². The highest BCUT2D eigenvalue weighted by atomic mass is 32.2. The number of rotatable bonds is 5. The zero-order valence-electron chi connectivity index (χ0n) is 13.9. The molecule has 2 heterocycles. The molecule has 6 nitrogen and oxygen atoms in total. The van der Waals surface area contributed by atoms with E-state index in [-0.39, 0.29) is 10.8 Å². The lowest BCUT2D eigenvalue weighted by Gasteiger charge is -2.38. The van der Waals surface area contributed by atoms with E-state index < -0.39 is 21.7 Å². The summed E-state index contributed by atoms with van der Waals surface area (Å²) in [6.07, 6.45) is 2.21. The van der Waals surface area contributed by atoms with Gasteiger partial charge in [-0.1, -0.05) is 6.07 Å². The molecule has 4 rings (SSSR count). The standard InChI is InChI=1S/C17H18FN3O3S2/c18-12-3-6-14-15(10-12)21(8-7-20(14)13-4-5-13)16(22)11-19-26(23,24)17-2-1-9-25-17/h1-3,6,9-10,13,19H,4-5,7-8,11H2. The Morgan fingerprint density at radius 2 is 2.04 bits per heavy atom. The van der Waals surface area contributed by atoms with Crippen molar-refractivity contribution in [1.82, 2.24) is 4.72 Å². The first kappa shape index (κ1) is 17.4. The summed E-state index contributed by atoms with van der Waals surface area (Å²) < 4.78 is 40.6. The minimum Gasteiger partial charge on any atom is -0.365 e. The van der Waals surface area contributed by atoms with E-state index in [1.54, 1.807) is 17.5 Å². The Morgan fingerprint density at radius 3 is 2.73 bits per heavy atom. The molecule has 26 heavy (non-hydrogen) atoms. The molecule has 1 aromatic carbocycles. The van der Waals surface area contributed by atoms with E-state index in [1.807, 2.05) is 0 Å². The second-order valence-electron chi connectivity index (χ2n) is 6.36. The van der Waals surface area contributed by atoms with Gasteiger partial charge in [-0.15, -0.1) is 11.3 Å². The number of carbonyl (C=O) groups excluding carboxylic acids is 1. The van der Waals surface area contributed by atoms with Crippen LogP contribution in [0.3, 0.4) is 0 Å². The van der Waals surface area contributed by atoms with Crippen LogP contribution in [0.2, 0.25) is 0 Å². The number of amides is 1. The summed E-state index contributed by atoms with van der Waals surface area (Å²) in [7, 11) is -3.71. The zero-order chi connectivity index (χ0) is 18.3. The number of benzene rings is 1. The summed E-state index contributed by atoms with van der Waals surface area (Å²) >= 11 is 1.09. The van der Waals surface area contributed by atoms with Crippen LogP contribution < -0.4 is 14.5 Å². The summed E-state index contributed by atoms with van der Waals surface area (Å²) in [6, 6.07) is 8.00. The number of hydrogen-bond acceptors (Lipinski definition) is 5. The second-order valence-corrected chi connectivity index (χ2v) is 9.30. The molecule has 1 aromatic heterocycles. The second kappa shape index (κ2) is 6.64. The van der Waals surface area contributed by atoms with E-state index in [4.69, 9.17) is 0 Å². The van der Waals surface area contributed by atoms with Crippen molar-refractivity contribution in [2.45, 2.75) is 23.1 Å². The molecular formula is C17H18FN3O3S2. The molecule has 0 radical (unpaired) electrons. The van der Waals surface area contributed by atoms with Crippen molar-refractivity contribution in [2.24, 2.45) is 0 Å². The molecule has 1 amide bonds. The van der Waals surface area contributed by atoms with Gasteiger partial charge in [0.1, 0.15) is 10.0 Å². The van der Waals surface area contributed by atoms with Crippen molar-refractivity contribution >= 4 is 38.6 Å². The van der Waals surface area contributed by atoms with E-state index >= 15 is 0 Å². The van der Waals surface area contributed by atoms with Crippen LogP contribution in [-0.2, 0) is 14.8 Å². The lowest BCUT2D eigenvalue weighted by Crippen LogP contribution is -2.48. The average molecular weight is 395 g/mol. The molecule has 1 N–H and O–H groups in total. The van der Waals surface area contributed by atoms with Crippen LogP contribution in [0.1, 0.15) is 12.8 Å². The highest BCUT2D eigenvalue weighted by molar-refractivity contribution is 7.91. The predicted molar refractivity (Wildman–Crippen MR) is 98.6 cm³/mol. The summed E-state index contributed by atoms with van der Waals surface area (Å²) in [6.45, 7) is 0.707. The fourth-order valence-corrected chi connectivity index (χ4v) is 5.18. The van der Waals surface area contributed by atoms with Crippen LogP contribution in [0, 0.1) is 5.82 Å². The molecule has 1 fully saturated rings. The van der Waals surface area contributed by atoms with Gasteiger partial charge in [-0.2, -0.15) is 0 Å². The van der Waals surface area contributed by atoms with E-state index in [9.17, 15) is 17.6 Å². The van der Waals surface area contributed by atoms with Gasteiger partial charge in [-0.05, 0) is 42.5 Å². The van der Waals surface area contributed by atoms with Crippen LogP contribution in [0.15, 0.2) is 39.9 Å². The van der Waals surface area contributed by atoms with Crippen LogP contribution >= 0.6 is 11.3 Å². The third-order valence-electron chi connectivity index (χ3n) is 4.56. The molecule has 2 aliphatic rings. The Hall–Kier alpha value is -1.97. The number of hydrogen-bond donors (Lipinski definition) is 1. The van der Waals surface area contributed by atoms with Crippen molar-refractivity contribution in [2.75, 3.05) is 29.4 Å². The number of nitrogens with zero attached hydrogens (tertiary/aromatic N) is 2. The number of fused-ring (bicyclic) bond motifs is 1. The molecule has 0 unspecified atom stereocenters. The fourth-order valence-electron chi connectivity index (χ4n) is 3.17. The summed E-state index contributed by atoms with van der Waals surface area (Å²) in [5.74, 6) is -0.814. The molecular weight excluding hydrogens is 377 g/mol. The van der Waals surface area contributed by atoms with Crippen LogP contribution in [0.4, 0.5) is 15.8 Å². The number of anilines is 2. The topological polar surface area (TPSA) is 69.7 Å². The largest absolute Gasteiger partial charge is 0.365 e. The zero-order valence-corrected chi connectivity index (χ0v) is 15.5. The quantitative estimate of drug-likeness (QED) is 0.843. The summed E-state index contributed by atoms with van der Waals surface area (Å²) in [4.78, 5) is 16.3. The molecule has 0 saturated heterocycles. The van der Waals surface area contributed by atoms with Gasteiger partial charge in [-0.3, -0.25) is 4.79 Å². The van der Waals surface area contributed by atoms with Gasteiger partial charge in [0.15, 0.2) is 0 Å². The van der Waals surface area contributed by atoms with Crippen molar-refractivity contribution in [3.63, 3.8) is 0 Å². The van der Waals surface area contributed by atoms with Gasteiger partial charge in [0, 0.05) is 19.1 Å².